The molecule has 0 saturated carbocycles. The Kier molecular flexibility index (Phi) is 8.33. The molecule has 1 amide bonds. The average molecular weight is 513 g/mol. The molecule has 1 N–H and O–H groups in total. The molecule has 1 fully saturated rings. The van der Waals surface area contributed by atoms with E-state index in [0.717, 1.165) is 25.5 Å². The van der Waals surface area contributed by atoms with Gasteiger partial charge in [-0.2, -0.15) is 13.2 Å². The quantitative estimate of drug-likeness (QED) is 0.598. The number of esters is 1. The molecule has 2 heterocycles. The van der Waals surface area contributed by atoms with Gasteiger partial charge in [-0.3, -0.25) is 9.59 Å². The summed E-state index contributed by atoms with van der Waals surface area (Å²) < 4.78 is 52.9. The Morgan fingerprint density at radius 2 is 1.89 bits per heavy atom. The van der Waals surface area contributed by atoms with E-state index in [1.54, 1.807) is 30.3 Å². The summed E-state index contributed by atoms with van der Waals surface area (Å²) in [5.74, 6) is -1.43. The number of halogens is 4. The Labute approximate surface area is 208 Å². The van der Waals surface area contributed by atoms with Gasteiger partial charge in [0.15, 0.2) is 6.10 Å². The standard InChI is InChI=1S/C25H27F3N2O4.ClH/c1-15(31)34-23-19(16-8-10-18(33-2)11-9-16)13-20-21(25(26,27)28)6-3-7-22(20)30(24(23)32)14-17-5-4-12-29-17;/h3,6-11,17,19,23,29H,4-5,12-14H2,1-2H3;1H/t17-,19-,23+;/m0./s1. The van der Waals surface area contributed by atoms with Crippen LogP contribution in [0.4, 0.5) is 18.9 Å². The van der Waals surface area contributed by atoms with Gasteiger partial charge in [0.05, 0.1) is 12.7 Å². The van der Waals surface area contributed by atoms with E-state index in [1.165, 1.54) is 25.0 Å². The molecule has 2 aromatic carbocycles. The van der Waals surface area contributed by atoms with Gasteiger partial charge < -0.3 is 19.7 Å². The van der Waals surface area contributed by atoms with Crippen LogP contribution >= 0.6 is 12.4 Å². The van der Waals surface area contributed by atoms with E-state index in [9.17, 15) is 22.8 Å². The highest BCUT2D eigenvalue weighted by molar-refractivity contribution is 6.00. The molecule has 0 aromatic heterocycles. The maximum Gasteiger partial charge on any atom is 0.416 e. The zero-order chi connectivity index (χ0) is 24.5. The lowest BCUT2D eigenvalue weighted by molar-refractivity contribution is -0.154. The maximum absolute atomic E-state index is 14.1. The van der Waals surface area contributed by atoms with Crippen LogP contribution in [-0.2, 0) is 26.9 Å². The minimum Gasteiger partial charge on any atom is -0.497 e. The molecule has 190 valence electrons. The van der Waals surface area contributed by atoms with Crippen molar-refractivity contribution in [2.24, 2.45) is 0 Å². The molecule has 4 rings (SSSR count). The number of alkyl halides is 3. The molecule has 10 heteroatoms. The molecule has 0 bridgehead atoms. The summed E-state index contributed by atoms with van der Waals surface area (Å²) in [6.07, 6.45) is -4.25. The van der Waals surface area contributed by atoms with E-state index in [-0.39, 0.29) is 42.7 Å². The molecule has 35 heavy (non-hydrogen) atoms. The number of benzene rings is 2. The Balaban J connectivity index is 0.00000342. The van der Waals surface area contributed by atoms with Gasteiger partial charge in [-0.15, -0.1) is 12.4 Å². The second kappa shape index (κ2) is 10.9. The van der Waals surface area contributed by atoms with Crippen molar-refractivity contribution >= 4 is 30.0 Å². The fourth-order valence-corrected chi connectivity index (χ4v) is 4.86. The minimum absolute atomic E-state index is 0. The van der Waals surface area contributed by atoms with Gasteiger partial charge in [-0.1, -0.05) is 18.2 Å². The molecule has 0 radical (unpaired) electrons. The van der Waals surface area contributed by atoms with Crippen LogP contribution in [0.25, 0.3) is 0 Å². The third kappa shape index (κ3) is 5.73. The van der Waals surface area contributed by atoms with E-state index < -0.39 is 35.6 Å². The highest BCUT2D eigenvalue weighted by atomic mass is 35.5. The lowest BCUT2D eigenvalue weighted by Gasteiger charge is -2.30. The summed E-state index contributed by atoms with van der Waals surface area (Å²) in [6.45, 7) is 2.17. The SMILES string of the molecule is COc1ccc([C@@H]2Cc3c(cccc3C(F)(F)F)N(C[C@@H]3CCCN3)C(=O)[C@@H]2OC(C)=O)cc1.Cl. The van der Waals surface area contributed by atoms with Crippen LogP contribution < -0.4 is 15.0 Å². The topological polar surface area (TPSA) is 67.9 Å². The summed E-state index contributed by atoms with van der Waals surface area (Å²) in [7, 11) is 1.51. The van der Waals surface area contributed by atoms with Crippen LogP contribution in [0.1, 0.15) is 42.4 Å². The Bertz CT molecular complexity index is 1060. The number of amides is 1. The summed E-state index contributed by atoms with van der Waals surface area (Å²) in [4.78, 5) is 27.2. The molecule has 2 aromatic rings. The predicted molar refractivity (Wildman–Crippen MR) is 127 cm³/mol. The number of hydrogen-bond acceptors (Lipinski definition) is 5. The number of rotatable bonds is 5. The second-order valence-electron chi connectivity index (χ2n) is 8.66. The van der Waals surface area contributed by atoms with E-state index in [4.69, 9.17) is 9.47 Å². The maximum atomic E-state index is 14.1. The Morgan fingerprint density at radius 1 is 1.17 bits per heavy atom. The highest BCUT2D eigenvalue weighted by Gasteiger charge is 2.44. The normalized spacial score (nSPS) is 22.1. The van der Waals surface area contributed by atoms with Crippen LogP contribution in [0.2, 0.25) is 0 Å². The molecule has 0 spiro atoms. The largest absolute Gasteiger partial charge is 0.497 e. The smallest absolute Gasteiger partial charge is 0.416 e. The van der Waals surface area contributed by atoms with Crippen LogP contribution in [-0.4, -0.2) is 44.2 Å². The molecule has 0 unspecified atom stereocenters. The zero-order valence-electron chi connectivity index (χ0n) is 19.4. The predicted octanol–water partition coefficient (Wildman–Crippen LogP) is 4.49. The first-order valence-corrected chi connectivity index (χ1v) is 11.2. The first kappa shape index (κ1) is 26.8. The Hall–Kier alpha value is -2.78. The van der Waals surface area contributed by atoms with Gasteiger partial charge in [0.2, 0.25) is 0 Å². The summed E-state index contributed by atoms with van der Waals surface area (Å²) in [5, 5.41) is 3.29. The summed E-state index contributed by atoms with van der Waals surface area (Å²) in [6, 6.07) is 10.6. The number of methoxy groups -OCH3 is 1. The number of nitrogens with zero attached hydrogens (tertiary/aromatic N) is 1. The molecular weight excluding hydrogens is 485 g/mol. The lowest BCUT2D eigenvalue weighted by atomic mass is 9.86. The molecule has 0 aliphatic carbocycles. The number of ether oxygens (including phenoxy) is 2. The van der Waals surface area contributed by atoms with Crippen LogP contribution in [0, 0.1) is 0 Å². The fourth-order valence-electron chi connectivity index (χ4n) is 4.86. The van der Waals surface area contributed by atoms with Crippen molar-refractivity contribution in [1.82, 2.24) is 5.32 Å². The van der Waals surface area contributed by atoms with Gasteiger partial charge in [0, 0.05) is 31.1 Å². The molecule has 2 aliphatic rings. The number of fused-ring (bicyclic) bond motifs is 1. The van der Waals surface area contributed by atoms with Crippen molar-refractivity contribution in [1.29, 1.82) is 0 Å². The highest BCUT2D eigenvalue weighted by Crippen LogP contribution is 2.43. The van der Waals surface area contributed by atoms with Crippen molar-refractivity contribution in [3.8, 4) is 5.75 Å². The number of hydrogen-bond donors (Lipinski definition) is 1. The first-order valence-electron chi connectivity index (χ1n) is 11.2. The van der Waals surface area contributed by atoms with Crippen molar-refractivity contribution in [3.05, 3.63) is 59.2 Å². The second-order valence-corrected chi connectivity index (χ2v) is 8.66. The van der Waals surface area contributed by atoms with Crippen LogP contribution in [0.15, 0.2) is 42.5 Å². The van der Waals surface area contributed by atoms with Crippen LogP contribution in [0.3, 0.4) is 0 Å². The molecular formula is C25H28ClF3N2O4. The monoisotopic (exact) mass is 512 g/mol. The Morgan fingerprint density at radius 3 is 2.46 bits per heavy atom. The van der Waals surface area contributed by atoms with Crippen molar-refractivity contribution in [3.63, 3.8) is 0 Å². The minimum atomic E-state index is -4.60. The fraction of sp³-hybridized carbons (Fsp3) is 0.440. The summed E-state index contributed by atoms with van der Waals surface area (Å²) >= 11 is 0. The van der Waals surface area contributed by atoms with E-state index in [2.05, 4.69) is 5.32 Å². The van der Waals surface area contributed by atoms with E-state index in [1.807, 2.05) is 0 Å². The number of carbonyl (C=O) groups is 2. The molecule has 3 atom stereocenters. The van der Waals surface area contributed by atoms with Crippen molar-refractivity contribution in [2.75, 3.05) is 25.1 Å². The van der Waals surface area contributed by atoms with Gasteiger partial charge in [0.25, 0.3) is 5.91 Å². The average Bonchev–Trinajstić information content (AvgIpc) is 3.28. The number of nitrogens with one attached hydrogen (secondary N) is 1. The van der Waals surface area contributed by atoms with Gasteiger partial charge in [-0.05, 0) is 61.2 Å². The third-order valence-electron chi connectivity index (χ3n) is 6.45. The van der Waals surface area contributed by atoms with E-state index >= 15 is 0 Å². The van der Waals surface area contributed by atoms with Crippen molar-refractivity contribution in [2.45, 2.75) is 50.4 Å². The lowest BCUT2D eigenvalue weighted by Crippen LogP contribution is -2.47. The molecule has 1 saturated heterocycles. The van der Waals surface area contributed by atoms with Crippen molar-refractivity contribution < 1.29 is 32.2 Å². The van der Waals surface area contributed by atoms with E-state index in [0.29, 0.717) is 11.3 Å². The number of carbonyl (C=O) groups excluding carboxylic acids is 2. The number of anilines is 1. The molecule has 6 nitrogen and oxygen atoms in total. The van der Waals surface area contributed by atoms with Gasteiger partial charge in [0.1, 0.15) is 5.75 Å². The third-order valence-corrected chi connectivity index (χ3v) is 6.45. The van der Waals surface area contributed by atoms with Crippen LogP contribution in [0.5, 0.6) is 5.75 Å². The molecule has 2 aliphatic heterocycles. The van der Waals surface area contributed by atoms with Gasteiger partial charge >= 0.3 is 12.1 Å². The zero-order valence-corrected chi connectivity index (χ0v) is 20.2. The first-order chi connectivity index (χ1) is 16.2. The summed E-state index contributed by atoms with van der Waals surface area (Å²) in [5.41, 5.74) is 0.0341. The van der Waals surface area contributed by atoms with Gasteiger partial charge in [-0.25, -0.2) is 0 Å².